The topological polar surface area (TPSA) is 36.6 Å². The van der Waals surface area contributed by atoms with Gasteiger partial charge in [0.05, 0.1) is 18.1 Å². The molecule has 1 aromatic rings. The Labute approximate surface area is 103 Å². The summed E-state index contributed by atoms with van der Waals surface area (Å²) in [5.74, 6) is 0. The first kappa shape index (κ1) is 12.7. The van der Waals surface area contributed by atoms with Crippen LogP contribution in [0.4, 0.5) is 0 Å². The summed E-state index contributed by atoms with van der Waals surface area (Å²) in [5.41, 5.74) is 0.554. The van der Waals surface area contributed by atoms with E-state index in [0.717, 1.165) is 44.3 Å². The summed E-state index contributed by atoms with van der Waals surface area (Å²) in [6, 6.07) is 2.52. The quantitative estimate of drug-likeness (QED) is 0.877. The molecule has 1 N–H and O–H groups in total. The summed E-state index contributed by atoms with van der Waals surface area (Å²) in [7, 11) is 0. The number of nitrogens with zero attached hydrogens (tertiary/aromatic N) is 1. The third kappa shape index (κ3) is 3.33. The van der Waals surface area contributed by atoms with Crippen molar-refractivity contribution in [2.45, 2.75) is 51.2 Å². The summed E-state index contributed by atoms with van der Waals surface area (Å²) >= 11 is 0. The molecule has 17 heavy (non-hydrogen) atoms. The number of hydrogen-bond donors (Lipinski definition) is 1. The largest absolute Gasteiger partial charge is 0.472 e. The molecule has 1 aliphatic rings. The lowest BCUT2D eigenvalue weighted by Crippen LogP contribution is -2.35. The molecule has 1 saturated heterocycles. The number of rotatable bonds is 3. The first-order valence-electron chi connectivity index (χ1n) is 6.57. The third-order valence-electron chi connectivity index (χ3n) is 3.80. The first-order valence-corrected chi connectivity index (χ1v) is 6.57. The zero-order valence-electron chi connectivity index (χ0n) is 10.9. The van der Waals surface area contributed by atoms with Crippen LogP contribution in [0.25, 0.3) is 0 Å². The highest BCUT2D eigenvalue weighted by atomic mass is 16.3. The molecule has 1 unspecified atom stereocenters. The van der Waals surface area contributed by atoms with Gasteiger partial charge in [0.2, 0.25) is 0 Å². The molecule has 0 aromatic carbocycles. The van der Waals surface area contributed by atoms with E-state index in [1.165, 1.54) is 0 Å². The Bertz CT molecular complexity index is 334. The summed E-state index contributed by atoms with van der Waals surface area (Å²) in [4.78, 5) is 2.45. The van der Waals surface area contributed by atoms with Crippen molar-refractivity contribution in [3.8, 4) is 0 Å². The lowest BCUT2D eigenvalue weighted by atomic mass is 9.89. The second-order valence-corrected chi connectivity index (χ2v) is 5.52. The summed E-state index contributed by atoms with van der Waals surface area (Å²) in [5, 5.41) is 10.7. The van der Waals surface area contributed by atoms with Crippen LogP contribution in [0.3, 0.4) is 0 Å². The Hall–Kier alpha value is -0.800. The molecule has 3 nitrogen and oxygen atoms in total. The first-order chi connectivity index (χ1) is 8.09. The van der Waals surface area contributed by atoms with Gasteiger partial charge in [-0.15, -0.1) is 0 Å². The molecular formula is C14H23NO2. The second-order valence-electron chi connectivity index (χ2n) is 5.52. The van der Waals surface area contributed by atoms with Gasteiger partial charge in [-0.25, -0.2) is 0 Å². The van der Waals surface area contributed by atoms with Gasteiger partial charge in [-0.3, -0.25) is 0 Å². The van der Waals surface area contributed by atoms with Crippen LogP contribution in [0.15, 0.2) is 23.0 Å². The highest BCUT2D eigenvalue weighted by Crippen LogP contribution is 2.27. The van der Waals surface area contributed by atoms with E-state index in [2.05, 4.69) is 18.7 Å². The van der Waals surface area contributed by atoms with Crippen LogP contribution in [-0.2, 0) is 6.42 Å². The molecule has 0 spiro atoms. The van der Waals surface area contributed by atoms with Gasteiger partial charge >= 0.3 is 0 Å². The van der Waals surface area contributed by atoms with E-state index in [-0.39, 0.29) is 0 Å². The number of aliphatic hydroxyl groups is 1. The molecule has 0 bridgehead atoms. The van der Waals surface area contributed by atoms with Crippen molar-refractivity contribution < 1.29 is 9.52 Å². The molecule has 2 rings (SSSR count). The fourth-order valence-electron chi connectivity index (χ4n) is 2.67. The van der Waals surface area contributed by atoms with E-state index in [1.54, 1.807) is 12.5 Å². The lowest BCUT2D eigenvalue weighted by molar-refractivity contribution is 0.0247. The molecule has 0 radical (unpaired) electrons. The summed E-state index contributed by atoms with van der Waals surface area (Å²) in [6.45, 7) is 6.54. The average Bonchev–Trinajstić information content (AvgIpc) is 2.67. The molecule has 1 atom stereocenters. The minimum atomic E-state index is -0.548. The van der Waals surface area contributed by atoms with Crippen LogP contribution in [0.1, 0.15) is 38.7 Å². The Morgan fingerprint density at radius 1 is 1.41 bits per heavy atom. The Kier molecular flexibility index (Phi) is 3.89. The fraction of sp³-hybridized carbons (Fsp3) is 0.714. The molecule has 1 fully saturated rings. The van der Waals surface area contributed by atoms with Crippen molar-refractivity contribution in [3.63, 3.8) is 0 Å². The summed E-state index contributed by atoms with van der Waals surface area (Å²) < 4.78 is 5.07. The van der Waals surface area contributed by atoms with Crippen LogP contribution < -0.4 is 0 Å². The molecule has 3 heteroatoms. The zero-order valence-corrected chi connectivity index (χ0v) is 10.9. The van der Waals surface area contributed by atoms with Gasteiger partial charge in [-0.05, 0) is 51.3 Å². The predicted octanol–water partition coefficient (Wildman–Crippen LogP) is 2.45. The van der Waals surface area contributed by atoms with Crippen LogP contribution >= 0.6 is 0 Å². The van der Waals surface area contributed by atoms with E-state index < -0.39 is 5.60 Å². The zero-order chi connectivity index (χ0) is 12.3. The number of hydrogen-bond acceptors (Lipinski definition) is 3. The number of likely N-dealkylation sites (tertiary alicyclic amines) is 1. The monoisotopic (exact) mass is 237 g/mol. The smallest absolute Gasteiger partial charge is 0.0935 e. The predicted molar refractivity (Wildman–Crippen MR) is 67.9 cm³/mol. The Morgan fingerprint density at radius 3 is 2.88 bits per heavy atom. The van der Waals surface area contributed by atoms with Gasteiger partial charge in [-0.1, -0.05) is 0 Å². The van der Waals surface area contributed by atoms with E-state index in [4.69, 9.17) is 4.42 Å². The minimum Gasteiger partial charge on any atom is -0.472 e. The SMILES string of the molecule is CC(C)N1CCCC(O)(Cc2ccoc2)CC1. The van der Waals surface area contributed by atoms with Crippen molar-refractivity contribution >= 4 is 0 Å². The lowest BCUT2D eigenvalue weighted by Gasteiger charge is -2.27. The highest BCUT2D eigenvalue weighted by molar-refractivity contribution is 5.09. The fourth-order valence-corrected chi connectivity index (χ4v) is 2.67. The van der Waals surface area contributed by atoms with Crippen molar-refractivity contribution in [1.29, 1.82) is 0 Å². The van der Waals surface area contributed by atoms with Crippen molar-refractivity contribution in [2.75, 3.05) is 13.1 Å². The van der Waals surface area contributed by atoms with Crippen LogP contribution in [-0.4, -0.2) is 34.7 Å². The third-order valence-corrected chi connectivity index (χ3v) is 3.80. The molecule has 1 aliphatic heterocycles. The van der Waals surface area contributed by atoms with Crippen LogP contribution in [0.2, 0.25) is 0 Å². The van der Waals surface area contributed by atoms with E-state index in [9.17, 15) is 5.11 Å². The van der Waals surface area contributed by atoms with Gasteiger partial charge in [0.15, 0.2) is 0 Å². The van der Waals surface area contributed by atoms with Crippen molar-refractivity contribution in [2.24, 2.45) is 0 Å². The average molecular weight is 237 g/mol. The van der Waals surface area contributed by atoms with Crippen LogP contribution in [0.5, 0.6) is 0 Å². The number of furan rings is 1. The molecule has 0 aliphatic carbocycles. The molecule has 1 aromatic heterocycles. The van der Waals surface area contributed by atoms with E-state index in [1.807, 2.05) is 6.07 Å². The van der Waals surface area contributed by atoms with Gasteiger partial charge in [0.25, 0.3) is 0 Å². The molecule has 0 amide bonds. The van der Waals surface area contributed by atoms with Gasteiger partial charge < -0.3 is 14.4 Å². The molecule has 2 heterocycles. The van der Waals surface area contributed by atoms with Crippen molar-refractivity contribution in [1.82, 2.24) is 4.90 Å². The minimum absolute atomic E-state index is 0.548. The Morgan fingerprint density at radius 2 is 2.24 bits per heavy atom. The maximum atomic E-state index is 10.7. The maximum absolute atomic E-state index is 10.7. The molecular weight excluding hydrogens is 214 g/mol. The van der Waals surface area contributed by atoms with Crippen molar-refractivity contribution in [3.05, 3.63) is 24.2 Å². The standard InChI is InChI=1S/C14H23NO2/c1-12(2)15-7-3-5-14(16,6-8-15)10-13-4-9-17-11-13/h4,9,11-12,16H,3,5-8,10H2,1-2H3. The maximum Gasteiger partial charge on any atom is 0.0935 e. The summed E-state index contributed by atoms with van der Waals surface area (Å²) in [6.07, 6.45) is 6.96. The second kappa shape index (κ2) is 5.23. The van der Waals surface area contributed by atoms with Crippen LogP contribution in [0, 0.1) is 0 Å². The normalized spacial score (nSPS) is 27.3. The van der Waals surface area contributed by atoms with Gasteiger partial charge in [-0.2, -0.15) is 0 Å². The van der Waals surface area contributed by atoms with E-state index in [0.29, 0.717) is 6.04 Å². The molecule has 0 saturated carbocycles. The van der Waals surface area contributed by atoms with Gasteiger partial charge in [0.1, 0.15) is 0 Å². The van der Waals surface area contributed by atoms with E-state index >= 15 is 0 Å². The Balaban J connectivity index is 1.96. The van der Waals surface area contributed by atoms with Gasteiger partial charge in [0, 0.05) is 19.0 Å². The molecule has 96 valence electrons. The highest BCUT2D eigenvalue weighted by Gasteiger charge is 2.31.